The number of ether oxygens (including phenoxy) is 1. The molecule has 0 aliphatic rings. The molecule has 0 radical (unpaired) electrons. The van der Waals surface area contributed by atoms with E-state index in [0.29, 0.717) is 4.77 Å². The Morgan fingerprint density at radius 2 is 1.94 bits per heavy atom. The van der Waals surface area contributed by atoms with E-state index in [9.17, 15) is 4.79 Å². The van der Waals surface area contributed by atoms with Gasteiger partial charge in [0.2, 0.25) is 0 Å². The Balaban J connectivity index is 2.37. The smallest absolute Gasteiger partial charge is 0.251 e. The molecule has 94 valence electrons. The zero-order valence-electron chi connectivity index (χ0n) is 10.2. The van der Waals surface area contributed by atoms with E-state index in [-0.39, 0.29) is 11.6 Å². The van der Waals surface area contributed by atoms with E-state index in [1.54, 1.807) is 13.3 Å². The summed E-state index contributed by atoms with van der Waals surface area (Å²) < 4.78 is 7.39. The number of rotatable bonds is 3. The van der Waals surface area contributed by atoms with E-state index in [4.69, 9.17) is 17.0 Å². The minimum Gasteiger partial charge on any atom is -0.497 e. The molecule has 1 heterocycles. The second kappa shape index (κ2) is 5.18. The van der Waals surface area contributed by atoms with E-state index in [2.05, 4.69) is 4.98 Å². The summed E-state index contributed by atoms with van der Waals surface area (Å²) in [5.41, 5.74) is 0.914. The Bertz CT molecular complexity index is 643. The van der Waals surface area contributed by atoms with Crippen molar-refractivity contribution in [2.45, 2.75) is 13.0 Å². The van der Waals surface area contributed by atoms with Gasteiger partial charge in [0.05, 0.1) is 13.2 Å². The van der Waals surface area contributed by atoms with Crippen LogP contribution in [0.5, 0.6) is 5.75 Å². The maximum Gasteiger partial charge on any atom is 0.251 e. The normalized spacial score (nSPS) is 12.1. The standard InChI is InChI=1S/C13H14N2O2S/c1-9(10-3-5-11(17-2)6-4-10)15-8-7-12(16)14-13(15)18/h3-9H,1-2H3,(H,14,16,18). The van der Waals surface area contributed by atoms with Crippen molar-refractivity contribution in [3.8, 4) is 5.75 Å². The quantitative estimate of drug-likeness (QED) is 0.865. The molecule has 0 amide bonds. The fourth-order valence-electron chi connectivity index (χ4n) is 1.78. The average molecular weight is 262 g/mol. The predicted octanol–water partition coefficient (Wildman–Crippen LogP) is 2.52. The van der Waals surface area contributed by atoms with Crippen molar-refractivity contribution in [3.63, 3.8) is 0 Å². The fraction of sp³-hybridized carbons (Fsp3) is 0.231. The third kappa shape index (κ3) is 2.51. The summed E-state index contributed by atoms with van der Waals surface area (Å²) >= 11 is 5.15. The topological polar surface area (TPSA) is 47.0 Å². The number of aromatic amines is 1. The summed E-state index contributed by atoms with van der Waals surface area (Å²) in [6.45, 7) is 2.02. The fourth-order valence-corrected chi connectivity index (χ4v) is 2.09. The second-order valence-corrected chi connectivity index (χ2v) is 4.35. The van der Waals surface area contributed by atoms with Crippen LogP contribution in [0, 0.1) is 4.77 Å². The summed E-state index contributed by atoms with van der Waals surface area (Å²) in [5, 5.41) is 0. The van der Waals surface area contributed by atoms with Crippen molar-refractivity contribution in [2.75, 3.05) is 7.11 Å². The highest BCUT2D eigenvalue weighted by Crippen LogP contribution is 2.20. The summed E-state index contributed by atoms with van der Waals surface area (Å²) in [4.78, 5) is 13.7. The molecule has 1 aromatic heterocycles. The van der Waals surface area contributed by atoms with Crippen LogP contribution >= 0.6 is 12.2 Å². The molecule has 0 spiro atoms. The molecule has 0 fully saturated rings. The van der Waals surface area contributed by atoms with Crippen LogP contribution in [-0.2, 0) is 0 Å². The number of aromatic nitrogens is 2. The maximum atomic E-state index is 11.1. The first-order valence-electron chi connectivity index (χ1n) is 5.57. The van der Waals surface area contributed by atoms with Crippen LogP contribution in [0.3, 0.4) is 0 Å². The lowest BCUT2D eigenvalue weighted by Gasteiger charge is -2.16. The summed E-state index contributed by atoms with van der Waals surface area (Å²) in [6, 6.07) is 9.30. The minimum absolute atomic E-state index is 0.0558. The van der Waals surface area contributed by atoms with E-state index < -0.39 is 0 Å². The van der Waals surface area contributed by atoms with Crippen LogP contribution in [0.25, 0.3) is 0 Å². The van der Waals surface area contributed by atoms with Gasteiger partial charge in [0, 0.05) is 12.3 Å². The Kier molecular flexibility index (Phi) is 3.62. The van der Waals surface area contributed by atoms with Crippen molar-refractivity contribution in [2.24, 2.45) is 0 Å². The van der Waals surface area contributed by atoms with Gasteiger partial charge in [-0.2, -0.15) is 0 Å². The number of nitrogens with one attached hydrogen (secondary N) is 1. The van der Waals surface area contributed by atoms with Crippen molar-refractivity contribution in [1.29, 1.82) is 0 Å². The van der Waals surface area contributed by atoms with Crippen molar-refractivity contribution < 1.29 is 4.74 Å². The Morgan fingerprint density at radius 3 is 2.50 bits per heavy atom. The lowest BCUT2D eigenvalue weighted by molar-refractivity contribution is 0.414. The highest BCUT2D eigenvalue weighted by Gasteiger charge is 2.08. The van der Waals surface area contributed by atoms with E-state index in [1.165, 1.54) is 6.07 Å². The maximum absolute atomic E-state index is 11.1. The highest BCUT2D eigenvalue weighted by molar-refractivity contribution is 7.71. The molecule has 1 unspecified atom stereocenters. The molecule has 2 aromatic rings. The Hall–Kier alpha value is -1.88. The first-order valence-corrected chi connectivity index (χ1v) is 5.98. The molecule has 0 aliphatic heterocycles. The molecule has 0 saturated heterocycles. The largest absolute Gasteiger partial charge is 0.497 e. The van der Waals surface area contributed by atoms with Gasteiger partial charge in [0.1, 0.15) is 5.75 Å². The average Bonchev–Trinajstić information content (AvgIpc) is 2.38. The number of methoxy groups -OCH3 is 1. The van der Waals surface area contributed by atoms with Crippen LogP contribution in [0.1, 0.15) is 18.5 Å². The van der Waals surface area contributed by atoms with Crippen LogP contribution in [-0.4, -0.2) is 16.7 Å². The van der Waals surface area contributed by atoms with Gasteiger partial charge in [-0.15, -0.1) is 0 Å². The Morgan fingerprint density at radius 1 is 1.28 bits per heavy atom. The van der Waals surface area contributed by atoms with E-state index in [0.717, 1.165) is 11.3 Å². The number of nitrogens with zero attached hydrogens (tertiary/aromatic N) is 1. The van der Waals surface area contributed by atoms with E-state index >= 15 is 0 Å². The summed E-state index contributed by atoms with van der Waals surface area (Å²) in [7, 11) is 1.64. The predicted molar refractivity (Wildman–Crippen MR) is 72.7 cm³/mol. The van der Waals surface area contributed by atoms with Gasteiger partial charge in [0.15, 0.2) is 4.77 Å². The van der Waals surface area contributed by atoms with Gasteiger partial charge >= 0.3 is 0 Å². The van der Waals surface area contributed by atoms with Gasteiger partial charge in [-0.3, -0.25) is 9.78 Å². The second-order valence-electron chi connectivity index (χ2n) is 3.97. The van der Waals surface area contributed by atoms with Gasteiger partial charge in [0.25, 0.3) is 5.56 Å². The lowest BCUT2D eigenvalue weighted by Crippen LogP contribution is -2.15. The lowest BCUT2D eigenvalue weighted by atomic mass is 10.1. The molecule has 0 saturated carbocycles. The molecular formula is C13H14N2O2S. The van der Waals surface area contributed by atoms with Gasteiger partial charge < -0.3 is 9.30 Å². The summed E-state index contributed by atoms with van der Waals surface area (Å²) in [6.07, 6.45) is 1.70. The van der Waals surface area contributed by atoms with Crippen LogP contribution in [0.2, 0.25) is 0 Å². The van der Waals surface area contributed by atoms with Gasteiger partial charge in [-0.25, -0.2) is 0 Å². The SMILES string of the molecule is COc1ccc(C(C)n2ccc(=O)[nH]c2=S)cc1. The first kappa shape index (κ1) is 12.6. The first-order chi connectivity index (χ1) is 8.61. The number of hydrogen-bond acceptors (Lipinski definition) is 3. The van der Waals surface area contributed by atoms with Gasteiger partial charge in [-0.05, 0) is 36.8 Å². The molecule has 5 heteroatoms. The number of H-pyrrole nitrogens is 1. The van der Waals surface area contributed by atoms with Crippen molar-refractivity contribution in [3.05, 3.63) is 57.2 Å². The third-order valence-corrected chi connectivity index (χ3v) is 3.18. The van der Waals surface area contributed by atoms with Crippen LogP contribution in [0.15, 0.2) is 41.3 Å². The zero-order valence-corrected chi connectivity index (χ0v) is 11.0. The summed E-state index contributed by atoms with van der Waals surface area (Å²) in [5.74, 6) is 0.816. The molecule has 2 rings (SSSR count). The molecule has 0 bridgehead atoms. The van der Waals surface area contributed by atoms with Gasteiger partial charge in [-0.1, -0.05) is 12.1 Å². The van der Waals surface area contributed by atoms with Crippen molar-refractivity contribution >= 4 is 12.2 Å². The molecule has 4 nitrogen and oxygen atoms in total. The molecule has 0 aliphatic carbocycles. The Labute approximate surface area is 110 Å². The monoisotopic (exact) mass is 262 g/mol. The third-order valence-electron chi connectivity index (χ3n) is 2.87. The highest BCUT2D eigenvalue weighted by atomic mass is 32.1. The van der Waals surface area contributed by atoms with Crippen LogP contribution in [0.4, 0.5) is 0 Å². The molecule has 1 atom stereocenters. The molecular weight excluding hydrogens is 248 g/mol. The van der Waals surface area contributed by atoms with E-state index in [1.807, 2.05) is 35.8 Å². The van der Waals surface area contributed by atoms with Crippen LogP contribution < -0.4 is 10.3 Å². The molecule has 18 heavy (non-hydrogen) atoms. The number of hydrogen-bond donors (Lipinski definition) is 1. The molecule has 1 N–H and O–H groups in total. The van der Waals surface area contributed by atoms with Crippen molar-refractivity contribution in [1.82, 2.24) is 9.55 Å². The number of benzene rings is 1. The zero-order chi connectivity index (χ0) is 13.1. The minimum atomic E-state index is -0.182. The molecule has 1 aromatic carbocycles.